The van der Waals surface area contributed by atoms with Crippen molar-refractivity contribution in [2.75, 3.05) is 19.8 Å². The van der Waals surface area contributed by atoms with Gasteiger partial charge in [0.15, 0.2) is 0 Å². The average Bonchev–Trinajstić information content (AvgIpc) is 3.19. The van der Waals surface area contributed by atoms with E-state index < -0.39 is 35.0 Å². The van der Waals surface area contributed by atoms with Gasteiger partial charge in [0.2, 0.25) is 0 Å². The molecule has 0 aliphatic carbocycles. The largest absolute Gasteiger partial charge is 0.464 e. The Hall–Kier alpha value is -3.96. The number of allylic oxidation sites excluding steroid dienone is 6. The van der Waals surface area contributed by atoms with E-state index in [9.17, 15) is 28.8 Å². The van der Waals surface area contributed by atoms with E-state index in [1.807, 2.05) is 0 Å². The lowest BCUT2D eigenvalue weighted by Gasteiger charge is -2.14. The average molecular weight is 802 g/mol. The number of carbonyl (C=O) groups excluding carboxylic acids is 3. The van der Waals surface area contributed by atoms with Gasteiger partial charge in [0.1, 0.15) is 19.8 Å². The SMILES string of the molecule is CCCC/C=C/CCCCCC(=O)OCCn1c(=O)n(CCOC(=O)CCCCC/C=C/CCCC)c(=O)n(CCOC(=O)CCCCC/C=C/CCCC)c1=O. The summed E-state index contributed by atoms with van der Waals surface area (Å²) in [5.41, 5.74) is -2.70. The third kappa shape index (κ3) is 25.8. The molecule has 0 aromatic carbocycles. The van der Waals surface area contributed by atoms with Crippen LogP contribution in [0, 0.1) is 0 Å². The van der Waals surface area contributed by atoms with Crippen LogP contribution >= 0.6 is 0 Å². The van der Waals surface area contributed by atoms with Crippen LogP contribution < -0.4 is 17.1 Å². The number of hydrogen-bond acceptors (Lipinski definition) is 9. The molecule has 12 heteroatoms. The van der Waals surface area contributed by atoms with E-state index >= 15 is 0 Å². The summed E-state index contributed by atoms with van der Waals surface area (Å²) in [6, 6.07) is 0. The molecule has 324 valence electrons. The summed E-state index contributed by atoms with van der Waals surface area (Å²) in [7, 11) is 0. The van der Waals surface area contributed by atoms with Crippen molar-refractivity contribution in [3.8, 4) is 0 Å². The van der Waals surface area contributed by atoms with Crippen LogP contribution in [0.1, 0.15) is 175 Å². The quantitative estimate of drug-likeness (QED) is 0.0281. The molecule has 12 nitrogen and oxygen atoms in total. The summed E-state index contributed by atoms with van der Waals surface area (Å²) in [5.74, 6) is -1.29. The van der Waals surface area contributed by atoms with Gasteiger partial charge in [-0.15, -0.1) is 0 Å². The topological polar surface area (TPSA) is 145 Å². The number of esters is 3. The summed E-state index contributed by atoms with van der Waals surface area (Å²) in [5, 5.41) is 0. The molecule has 0 fully saturated rings. The molecule has 0 N–H and O–H groups in total. The van der Waals surface area contributed by atoms with Gasteiger partial charge in [-0.3, -0.25) is 14.4 Å². The molecular weight excluding hydrogens is 727 g/mol. The molecule has 0 aliphatic rings. The molecule has 0 atom stereocenters. The minimum absolute atomic E-state index is 0.223. The number of rotatable bonds is 36. The summed E-state index contributed by atoms with van der Waals surface area (Å²) in [4.78, 5) is 77.4. The van der Waals surface area contributed by atoms with Crippen molar-refractivity contribution >= 4 is 17.9 Å². The van der Waals surface area contributed by atoms with E-state index in [4.69, 9.17) is 14.2 Å². The zero-order valence-corrected chi connectivity index (χ0v) is 35.7. The minimum Gasteiger partial charge on any atom is -0.464 e. The van der Waals surface area contributed by atoms with Crippen LogP contribution in [0.15, 0.2) is 50.8 Å². The predicted molar refractivity (Wildman–Crippen MR) is 227 cm³/mol. The second kappa shape index (κ2) is 35.2. The molecule has 0 amide bonds. The van der Waals surface area contributed by atoms with Crippen LogP contribution in [-0.2, 0) is 48.2 Å². The maximum atomic E-state index is 13.4. The summed E-state index contributed by atoms with van der Waals surface area (Å²) < 4.78 is 18.5. The Bertz CT molecular complexity index is 1300. The first-order chi connectivity index (χ1) is 27.8. The van der Waals surface area contributed by atoms with Gasteiger partial charge < -0.3 is 14.2 Å². The Labute approximate surface area is 341 Å². The minimum atomic E-state index is -0.899. The first-order valence-corrected chi connectivity index (χ1v) is 22.1. The third-order valence-electron chi connectivity index (χ3n) is 9.55. The van der Waals surface area contributed by atoms with Crippen LogP contribution in [0.3, 0.4) is 0 Å². The highest BCUT2D eigenvalue weighted by molar-refractivity contribution is 5.69. The number of unbranched alkanes of at least 4 members (excludes halogenated alkanes) is 15. The maximum absolute atomic E-state index is 13.4. The highest BCUT2D eigenvalue weighted by atomic mass is 16.5. The van der Waals surface area contributed by atoms with Crippen molar-refractivity contribution in [3.05, 3.63) is 67.9 Å². The summed E-state index contributed by atoms with van der Waals surface area (Å²) in [6.45, 7) is 4.98. The van der Waals surface area contributed by atoms with E-state index in [0.717, 1.165) is 90.8 Å². The second-order valence-electron chi connectivity index (χ2n) is 14.6. The molecule has 1 rings (SSSR count). The van der Waals surface area contributed by atoms with Crippen molar-refractivity contribution in [3.63, 3.8) is 0 Å². The van der Waals surface area contributed by atoms with Crippen LogP contribution in [0.25, 0.3) is 0 Å². The van der Waals surface area contributed by atoms with Crippen LogP contribution in [0.5, 0.6) is 0 Å². The highest BCUT2D eigenvalue weighted by Crippen LogP contribution is 2.08. The fourth-order valence-corrected chi connectivity index (χ4v) is 6.02. The monoisotopic (exact) mass is 802 g/mol. The molecule has 0 aliphatic heterocycles. The van der Waals surface area contributed by atoms with Gasteiger partial charge in [-0.25, -0.2) is 28.1 Å². The first kappa shape index (κ1) is 51.1. The molecule has 0 spiro atoms. The zero-order chi connectivity index (χ0) is 41.8. The normalized spacial score (nSPS) is 11.6. The second-order valence-corrected chi connectivity index (χ2v) is 14.6. The molecule has 1 aromatic heterocycles. The molecule has 0 radical (unpaired) electrons. The van der Waals surface area contributed by atoms with Crippen LogP contribution in [0.4, 0.5) is 0 Å². The Morgan fingerprint density at radius 3 is 0.877 bits per heavy atom. The predicted octanol–water partition coefficient (Wildman–Crippen LogP) is 8.89. The number of aromatic nitrogens is 3. The summed E-state index contributed by atoms with van der Waals surface area (Å²) >= 11 is 0. The van der Waals surface area contributed by atoms with E-state index in [0.29, 0.717) is 19.3 Å². The Morgan fingerprint density at radius 2 is 0.632 bits per heavy atom. The number of ether oxygens (including phenoxy) is 3. The van der Waals surface area contributed by atoms with Gasteiger partial charge in [0.05, 0.1) is 19.6 Å². The number of hydrogen-bond donors (Lipinski definition) is 0. The highest BCUT2D eigenvalue weighted by Gasteiger charge is 2.17. The van der Waals surface area contributed by atoms with Crippen molar-refractivity contribution < 1.29 is 28.6 Å². The van der Waals surface area contributed by atoms with Crippen molar-refractivity contribution in [1.29, 1.82) is 0 Å². The molecule has 57 heavy (non-hydrogen) atoms. The first-order valence-electron chi connectivity index (χ1n) is 22.1. The van der Waals surface area contributed by atoms with Crippen molar-refractivity contribution in [1.82, 2.24) is 13.7 Å². The fourth-order valence-electron chi connectivity index (χ4n) is 6.02. The Balaban J connectivity index is 2.78. The standard InChI is InChI=1S/C45H75N3O9/c1-4-7-10-13-16-19-22-25-28-31-40(49)55-37-34-46-43(52)47(35-38-56-41(50)32-29-26-23-20-17-14-11-8-5-2)45(54)48(44(46)53)36-39-57-42(51)33-30-27-24-21-18-15-12-9-6-3/h13-18H,4-12,19-39H2,1-3H3/b16-13+,17-14+,18-15+. The van der Waals surface area contributed by atoms with E-state index in [-0.39, 0.29) is 58.7 Å². The van der Waals surface area contributed by atoms with Gasteiger partial charge >= 0.3 is 35.0 Å². The number of nitrogens with zero attached hydrogens (tertiary/aromatic N) is 3. The molecule has 0 bridgehead atoms. The van der Waals surface area contributed by atoms with Crippen LogP contribution in [0.2, 0.25) is 0 Å². The van der Waals surface area contributed by atoms with E-state index in [1.54, 1.807) is 0 Å². The molecule has 0 saturated heterocycles. The lowest BCUT2D eigenvalue weighted by Crippen LogP contribution is -2.55. The number of carbonyl (C=O) groups is 3. The molecule has 1 aromatic rings. The Kier molecular flexibility index (Phi) is 31.6. The third-order valence-corrected chi connectivity index (χ3v) is 9.55. The molecule has 0 unspecified atom stereocenters. The summed E-state index contributed by atoms with van der Waals surface area (Å²) in [6.07, 6.45) is 34.6. The van der Waals surface area contributed by atoms with Crippen molar-refractivity contribution in [2.24, 2.45) is 0 Å². The lowest BCUT2D eigenvalue weighted by molar-refractivity contribution is -0.144. The smallest absolute Gasteiger partial charge is 0.336 e. The van der Waals surface area contributed by atoms with Gasteiger partial charge in [-0.05, 0) is 77.0 Å². The van der Waals surface area contributed by atoms with Crippen molar-refractivity contribution in [2.45, 2.75) is 195 Å². The zero-order valence-electron chi connectivity index (χ0n) is 35.7. The molecule has 1 heterocycles. The fraction of sp³-hybridized carbons (Fsp3) is 0.733. The van der Waals surface area contributed by atoms with Crippen LogP contribution in [-0.4, -0.2) is 51.4 Å². The van der Waals surface area contributed by atoms with Gasteiger partial charge in [-0.1, -0.05) is 115 Å². The van der Waals surface area contributed by atoms with Gasteiger partial charge in [0, 0.05) is 19.3 Å². The molecule has 0 saturated carbocycles. The lowest BCUT2D eigenvalue weighted by atomic mass is 10.1. The van der Waals surface area contributed by atoms with Gasteiger partial charge in [0.25, 0.3) is 0 Å². The van der Waals surface area contributed by atoms with E-state index in [1.165, 1.54) is 38.5 Å². The Morgan fingerprint density at radius 1 is 0.386 bits per heavy atom. The van der Waals surface area contributed by atoms with Gasteiger partial charge in [-0.2, -0.15) is 0 Å². The van der Waals surface area contributed by atoms with E-state index in [2.05, 4.69) is 57.2 Å². The maximum Gasteiger partial charge on any atom is 0.336 e. The molecular formula is C45H75N3O9.